The fraction of sp³-hybridized carbons (Fsp3) is 0.538. The normalized spacial score (nSPS) is 28.6. The number of ether oxygens (including phenoxy) is 1. The molecule has 2 rings (SSSR count). The Kier molecular flexibility index (Phi) is 6.01. The molecule has 1 heterocycles. The highest BCUT2D eigenvalue weighted by Crippen LogP contribution is 2.32. The summed E-state index contributed by atoms with van der Waals surface area (Å²) in [4.78, 5) is 25.4. The largest absolute Gasteiger partial charge is 0.394 e. The zero-order valence-electron chi connectivity index (χ0n) is 13.4. The molecule has 13 nitrogen and oxygen atoms in total. The van der Waals surface area contributed by atoms with E-state index in [-0.39, 0.29) is 11.3 Å². The third-order valence-corrected chi connectivity index (χ3v) is 3.89. The van der Waals surface area contributed by atoms with Crippen LogP contribution in [0.1, 0.15) is 5.56 Å². The van der Waals surface area contributed by atoms with Crippen molar-refractivity contribution in [3.05, 3.63) is 37.9 Å². The molecule has 5 atom stereocenters. The summed E-state index contributed by atoms with van der Waals surface area (Å²) in [5.41, 5.74) is 0.788. The van der Waals surface area contributed by atoms with Gasteiger partial charge < -0.3 is 25.2 Å². The Bertz CT molecular complexity index is 662. The first-order chi connectivity index (χ1) is 12.2. The van der Waals surface area contributed by atoms with Crippen molar-refractivity contribution in [1.82, 2.24) is 0 Å². The van der Waals surface area contributed by atoms with E-state index in [4.69, 9.17) is 14.7 Å². The minimum absolute atomic E-state index is 0.154. The summed E-state index contributed by atoms with van der Waals surface area (Å²) in [5, 5.41) is 60.3. The van der Waals surface area contributed by atoms with Crippen LogP contribution in [0.25, 0.3) is 0 Å². The molecule has 5 N–H and O–H groups in total. The maximum absolute atomic E-state index is 11.0. The van der Waals surface area contributed by atoms with Crippen molar-refractivity contribution in [1.29, 1.82) is 0 Å². The van der Waals surface area contributed by atoms with E-state index in [0.717, 1.165) is 12.1 Å². The number of nitro groups is 2. The molecule has 0 saturated carbocycles. The average molecular weight is 375 g/mol. The number of benzene rings is 1. The number of hydrogen-bond donors (Lipinski definition) is 5. The van der Waals surface area contributed by atoms with E-state index < -0.39 is 58.5 Å². The van der Waals surface area contributed by atoms with Crippen LogP contribution in [-0.2, 0) is 9.57 Å². The van der Waals surface area contributed by atoms with E-state index in [0.29, 0.717) is 0 Å². The van der Waals surface area contributed by atoms with Gasteiger partial charge >= 0.3 is 0 Å². The highest BCUT2D eigenvalue weighted by molar-refractivity contribution is 5.63. The molecule has 0 aromatic heterocycles. The van der Waals surface area contributed by atoms with Crippen LogP contribution < -0.4 is 5.48 Å². The summed E-state index contributed by atoms with van der Waals surface area (Å²) < 4.78 is 5.07. The molecule has 1 aliphatic rings. The van der Waals surface area contributed by atoms with Crippen molar-refractivity contribution in [3.8, 4) is 0 Å². The van der Waals surface area contributed by atoms with Gasteiger partial charge in [0.1, 0.15) is 30.0 Å². The van der Waals surface area contributed by atoms with Crippen molar-refractivity contribution in [2.24, 2.45) is 0 Å². The predicted octanol–water partition coefficient (Wildman–Crippen LogP) is -1.05. The highest BCUT2D eigenvalue weighted by Gasteiger charge is 2.44. The zero-order chi connectivity index (χ0) is 19.6. The molecule has 1 aliphatic heterocycles. The minimum atomic E-state index is -1.71. The second kappa shape index (κ2) is 7.86. The van der Waals surface area contributed by atoms with Crippen LogP contribution in [0.5, 0.6) is 0 Å². The SMILES string of the molecule is Cc1c([N+](=O)[O-])cc(NOC2OC(CO)C(O)C(O)C2O)cc1[N+](=O)[O-]. The van der Waals surface area contributed by atoms with E-state index in [9.17, 15) is 35.5 Å². The quantitative estimate of drug-likeness (QED) is 0.300. The Labute approximate surface area is 145 Å². The van der Waals surface area contributed by atoms with Gasteiger partial charge in [-0.25, -0.2) is 4.84 Å². The molecular formula is C13H17N3O10. The van der Waals surface area contributed by atoms with Crippen LogP contribution in [-0.4, -0.2) is 67.6 Å². The van der Waals surface area contributed by atoms with Gasteiger partial charge in [0.15, 0.2) is 0 Å². The fourth-order valence-electron chi connectivity index (χ4n) is 2.41. The summed E-state index contributed by atoms with van der Waals surface area (Å²) in [5.74, 6) is 0. The van der Waals surface area contributed by atoms with Gasteiger partial charge in [0, 0.05) is 12.1 Å². The van der Waals surface area contributed by atoms with Crippen LogP contribution in [0.2, 0.25) is 0 Å². The van der Waals surface area contributed by atoms with Crippen LogP contribution in [0.4, 0.5) is 17.1 Å². The predicted molar refractivity (Wildman–Crippen MR) is 83.0 cm³/mol. The van der Waals surface area contributed by atoms with Gasteiger partial charge in [-0.15, -0.1) is 0 Å². The van der Waals surface area contributed by atoms with Crippen LogP contribution in [0, 0.1) is 27.2 Å². The molecule has 5 unspecified atom stereocenters. The molecule has 0 spiro atoms. The van der Waals surface area contributed by atoms with Crippen molar-refractivity contribution in [2.75, 3.05) is 12.1 Å². The van der Waals surface area contributed by atoms with Gasteiger partial charge in [0.05, 0.1) is 22.1 Å². The average Bonchev–Trinajstić information content (AvgIpc) is 2.59. The summed E-state index contributed by atoms with van der Waals surface area (Å²) >= 11 is 0. The molecule has 0 radical (unpaired) electrons. The Balaban J connectivity index is 2.21. The summed E-state index contributed by atoms with van der Waals surface area (Å²) in [6.07, 6.45) is -7.77. The molecule has 13 heteroatoms. The maximum atomic E-state index is 11.0. The highest BCUT2D eigenvalue weighted by atomic mass is 16.8. The summed E-state index contributed by atoms with van der Waals surface area (Å²) in [6, 6.07) is 1.96. The molecule has 0 amide bonds. The van der Waals surface area contributed by atoms with E-state index in [2.05, 4.69) is 5.48 Å². The lowest BCUT2D eigenvalue weighted by Crippen LogP contribution is -2.59. The van der Waals surface area contributed by atoms with Gasteiger partial charge in [-0.05, 0) is 6.92 Å². The van der Waals surface area contributed by atoms with E-state index >= 15 is 0 Å². The molecule has 1 aromatic carbocycles. The van der Waals surface area contributed by atoms with Crippen molar-refractivity contribution >= 4 is 17.1 Å². The molecule has 144 valence electrons. The number of aliphatic hydroxyl groups is 4. The van der Waals surface area contributed by atoms with E-state index in [1.807, 2.05) is 0 Å². The van der Waals surface area contributed by atoms with Crippen LogP contribution in [0.15, 0.2) is 12.1 Å². The number of aliphatic hydroxyl groups excluding tert-OH is 4. The Hall–Kier alpha value is -2.42. The number of nitrogens with one attached hydrogen (secondary N) is 1. The van der Waals surface area contributed by atoms with E-state index in [1.165, 1.54) is 6.92 Å². The lowest BCUT2D eigenvalue weighted by Gasteiger charge is -2.39. The number of rotatable bonds is 6. The first kappa shape index (κ1) is 19.9. The lowest BCUT2D eigenvalue weighted by atomic mass is 9.99. The van der Waals surface area contributed by atoms with Crippen molar-refractivity contribution < 1.29 is 39.8 Å². The molecule has 1 aromatic rings. The Morgan fingerprint density at radius 3 is 2.12 bits per heavy atom. The molecular weight excluding hydrogens is 358 g/mol. The second-order valence-electron chi connectivity index (χ2n) is 5.57. The minimum Gasteiger partial charge on any atom is -0.394 e. The van der Waals surface area contributed by atoms with Crippen LogP contribution in [0.3, 0.4) is 0 Å². The third-order valence-electron chi connectivity index (χ3n) is 3.89. The van der Waals surface area contributed by atoms with E-state index in [1.54, 1.807) is 0 Å². The molecule has 1 saturated heterocycles. The number of hydrogen-bond acceptors (Lipinski definition) is 11. The molecule has 0 bridgehead atoms. The standard InChI is InChI=1S/C13H17N3O10/c1-5-7(15(21)22)2-6(3-8(5)16(23)24)14-26-13-12(20)11(19)10(18)9(4-17)25-13/h2-3,9-14,17-20H,4H2,1H3. The lowest BCUT2D eigenvalue weighted by molar-refractivity contribution is -0.395. The van der Waals surface area contributed by atoms with Gasteiger partial charge in [-0.1, -0.05) is 0 Å². The first-order valence-corrected chi connectivity index (χ1v) is 7.33. The zero-order valence-corrected chi connectivity index (χ0v) is 13.4. The number of nitro benzene ring substituents is 2. The monoisotopic (exact) mass is 375 g/mol. The second-order valence-corrected chi connectivity index (χ2v) is 5.57. The maximum Gasteiger partial charge on any atom is 0.281 e. The number of nitrogens with zero attached hydrogens (tertiary/aromatic N) is 2. The first-order valence-electron chi connectivity index (χ1n) is 7.33. The topological polar surface area (TPSA) is 198 Å². The summed E-state index contributed by atoms with van der Waals surface area (Å²) in [6.45, 7) is 0.546. The van der Waals surface area contributed by atoms with Gasteiger partial charge in [0.2, 0.25) is 6.29 Å². The van der Waals surface area contributed by atoms with Crippen molar-refractivity contribution in [3.63, 3.8) is 0 Å². The molecule has 1 fully saturated rings. The fourth-order valence-corrected chi connectivity index (χ4v) is 2.41. The molecule has 0 aliphatic carbocycles. The molecule has 26 heavy (non-hydrogen) atoms. The van der Waals surface area contributed by atoms with Gasteiger partial charge in [-0.3, -0.25) is 25.7 Å². The Morgan fingerprint density at radius 1 is 1.12 bits per heavy atom. The van der Waals surface area contributed by atoms with Gasteiger partial charge in [-0.2, -0.15) is 0 Å². The van der Waals surface area contributed by atoms with Gasteiger partial charge in [0.25, 0.3) is 11.4 Å². The summed E-state index contributed by atoms with van der Waals surface area (Å²) in [7, 11) is 0. The Morgan fingerprint density at radius 2 is 1.65 bits per heavy atom. The van der Waals surface area contributed by atoms with Crippen LogP contribution >= 0.6 is 0 Å². The third kappa shape index (κ3) is 3.87. The van der Waals surface area contributed by atoms with Crippen molar-refractivity contribution in [2.45, 2.75) is 37.6 Å². The smallest absolute Gasteiger partial charge is 0.281 e. The number of anilines is 1.